The molecule has 1 amide bonds. The van der Waals surface area contributed by atoms with Gasteiger partial charge in [0.1, 0.15) is 12.2 Å². The molecular formula is C27H30FN9O3. The topological polar surface area (TPSA) is 166 Å². The molecule has 4 aromatic rings. The fourth-order valence-corrected chi connectivity index (χ4v) is 4.52. The Balaban J connectivity index is 1.34. The highest BCUT2D eigenvalue weighted by molar-refractivity contribution is 6.00. The summed E-state index contributed by atoms with van der Waals surface area (Å²) in [6.45, 7) is 4.77. The van der Waals surface area contributed by atoms with Crippen molar-refractivity contribution >= 4 is 23.1 Å². The van der Waals surface area contributed by atoms with Crippen LogP contribution < -0.4 is 16.0 Å². The van der Waals surface area contributed by atoms with Crippen LogP contribution in [0.15, 0.2) is 41.1 Å². The van der Waals surface area contributed by atoms with Crippen LogP contribution in [0.5, 0.6) is 0 Å². The van der Waals surface area contributed by atoms with Gasteiger partial charge >= 0.3 is 6.01 Å². The minimum absolute atomic E-state index is 0.101. The molecule has 5 rings (SSSR count). The van der Waals surface area contributed by atoms with E-state index in [1.807, 2.05) is 12.1 Å². The van der Waals surface area contributed by atoms with E-state index in [2.05, 4.69) is 42.3 Å². The van der Waals surface area contributed by atoms with Crippen molar-refractivity contribution in [2.24, 2.45) is 5.92 Å². The lowest BCUT2D eigenvalue weighted by Crippen LogP contribution is -2.42. The van der Waals surface area contributed by atoms with Gasteiger partial charge in [0.05, 0.1) is 52.1 Å². The van der Waals surface area contributed by atoms with E-state index in [9.17, 15) is 19.6 Å². The number of halogens is 1. The number of carbonyl (C=O) groups excluding carboxylic acids is 1. The molecule has 1 atom stereocenters. The van der Waals surface area contributed by atoms with Crippen LogP contribution in [0.3, 0.4) is 0 Å². The van der Waals surface area contributed by atoms with Gasteiger partial charge in [0.2, 0.25) is 5.89 Å². The van der Waals surface area contributed by atoms with Crippen molar-refractivity contribution in [1.29, 1.82) is 5.26 Å². The van der Waals surface area contributed by atoms with Crippen LogP contribution in [0.1, 0.15) is 48.5 Å². The van der Waals surface area contributed by atoms with Gasteiger partial charge in [-0.25, -0.2) is 8.91 Å². The van der Waals surface area contributed by atoms with E-state index < -0.39 is 17.7 Å². The van der Waals surface area contributed by atoms with Crippen molar-refractivity contribution in [2.75, 3.05) is 23.7 Å². The van der Waals surface area contributed by atoms with Gasteiger partial charge in [-0.3, -0.25) is 9.78 Å². The first-order valence-corrected chi connectivity index (χ1v) is 12.9. The van der Waals surface area contributed by atoms with Crippen LogP contribution >= 0.6 is 0 Å². The third-order valence-corrected chi connectivity index (χ3v) is 6.91. The number of nitrogens with one attached hydrogen (secondary N) is 3. The summed E-state index contributed by atoms with van der Waals surface area (Å²) in [5, 5.41) is 40.3. The number of amides is 1. The van der Waals surface area contributed by atoms with Gasteiger partial charge in [-0.1, -0.05) is 5.10 Å². The SMILES string of the molecule is Cc1nnc(NC[C@H]2C[C@H](Nc3cc(-c4ccc5cc(C#N)cnn45)ncc3C(=O)NC[C@@H](F)C(C)(C)O)C2)o1. The Morgan fingerprint density at radius 1 is 1.30 bits per heavy atom. The Kier molecular flexibility index (Phi) is 7.36. The zero-order chi connectivity index (χ0) is 28.4. The number of carbonyl (C=O) groups is 1. The van der Waals surface area contributed by atoms with E-state index in [1.54, 1.807) is 23.6 Å². The van der Waals surface area contributed by atoms with Gasteiger partial charge < -0.3 is 25.5 Å². The van der Waals surface area contributed by atoms with Crippen molar-refractivity contribution in [3.8, 4) is 17.5 Å². The maximum absolute atomic E-state index is 14.3. The number of hydrogen-bond donors (Lipinski definition) is 4. The normalized spacial score (nSPS) is 17.6. The van der Waals surface area contributed by atoms with Gasteiger partial charge in [-0.05, 0) is 56.9 Å². The predicted molar refractivity (Wildman–Crippen MR) is 144 cm³/mol. The first-order chi connectivity index (χ1) is 19.1. The largest absolute Gasteiger partial charge is 0.408 e. The fraction of sp³-hybridized carbons (Fsp3) is 0.407. The van der Waals surface area contributed by atoms with Gasteiger partial charge in [0.25, 0.3) is 5.91 Å². The number of nitriles is 1. The molecular weight excluding hydrogens is 517 g/mol. The highest BCUT2D eigenvalue weighted by Crippen LogP contribution is 2.33. The van der Waals surface area contributed by atoms with E-state index in [4.69, 9.17) is 4.42 Å². The predicted octanol–water partition coefficient (Wildman–Crippen LogP) is 3.10. The zero-order valence-electron chi connectivity index (χ0n) is 22.3. The second-order valence-corrected chi connectivity index (χ2v) is 10.5. The number of nitrogens with zero attached hydrogens (tertiary/aromatic N) is 6. The Hall–Kier alpha value is -4.57. The van der Waals surface area contributed by atoms with E-state index in [0.717, 1.165) is 18.4 Å². The lowest BCUT2D eigenvalue weighted by molar-refractivity contribution is -0.00177. The Morgan fingerprint density at radius 3 is 2.80 bits per heavy atom. The van der Waals surface area contributed by atoms with Crippen molar-refractivity contribution in [3.05, 3.63) is 53.7 Å². The van der Waals surface area contributed by atoms with Gasteiger partial charge in [0, 0.05) is 25.7 Å². The lowest BCUT2D eigenvalue weighted by Gasteiger charge is -2.36. The third kappa shape index (κ3) is 5.86. The number of anilines is 2. The Bertz CT molecular complexity index is 1560. The average Bonchev–Trinajstić information content (AvgIpc) is 3.52. The Morgan fingerprint density at radius 2 is 2.10 bits per heavy atom. The standard InChI is InChI=1S/C27H30FN9O3/c1-15-35-36-26(40-15)32-11-16-6-18(7-16)34-21-9-22(23-5-4-19-8-17(10-29)12-33-37(19)23)30-13-20(21)25(38)31-14-24(28)27(2,3)39/h4-5,8-9,12-13,16,18,24,39H,6-7,11,14H2,1-3H3,(H,30,34)(H,31,38)(H,32,36)/t16-,18-,24-/m1/s1. The second kappa shape index (κ2) is 10.9. The molecule has 0 unspecified atom stereocenters. The van der Waals surface area contributed by atoms with Gasteiger partial charge in [0.15, 0.2) is 0 Å². The summed E-state index contributed by atoms with van der Waals surface area (Å²) in [4.78, 5) is 17.6. The molecule has 4 heterocycles. The van der Waals surface area contributed by atoms with Crippen LogP contribution in [-0.2, 0) is 0 Å². The molecule has 13 heteroatoms. The number of aromatic nitrogens is 5. The van der Waals surface area contributed by atoms with E-state index in [1.165, 1.54) is 26.2 Å². The Labute approximate surface area is 229 Å². The molecule has 1 fully saturated rings. The number of hydrogen-bond acceptors (Lipinski definition) is 10. The quantitative estimate of drug-likeness (QED) is 0.232. The molecule has 0 aromatic carbocycles. The van der Waals surface area contributed by atoms with Crippen LogP contribution in [-0.4, -0.2) is 66.7 Å². The minimum atomic E-state index is -1.64. The third-order valence-electron chi connectivity index (χ3n) is 6.91. The maximum Gasteiger partial charge on any atom is 0.315 e. The second-order valence-electron chi connectivity index (χ2n) is 10.5. The fourth-order valence-electron chi connectivity index (χ4n) is 4.52. The molecule has 1 aliphatic carbocycles. The summed E-state index contributed by atoms with van der Waals surface area (Å²) < 4.78 is 21.3. The lowest BCUT2D eigenvalue weighted by atomic mass is 9.80. The van der Waals surface area contributed by atoms with Gasteiger partial charge in [-0.15, -0.1) is 5.10 Å². The summed E-state index contributed by atoms with van der Waals surface area (Å²) in [5.74, 6) is 0.359. The maximum atomic E-state index is 14.3. The number of fused-ring (bicyclic) bond motifs is 1. The van der Waals surface area contributed by atoms with Crippen molar-refractivity contribution in [3.63, 3.8) is 0 Å². The number of aryl methyl sites for hydroxylation is 1. The molecule has 40 heavy (non-hydrogen) atoms. The van der Waals surface area contributed by atoms with Crippen molar-refractivity contribution < 1.29 is 18.7 Å². The molecule has 208 valence electrons. The monoisotopic (exact) mass is 547 g/mol. The number of rotatable bonds is 10. The van der Waals surface area contributed by atoms with Crippen LogP contribution in [0.4, 0.5) is 16.1 Å². The highest BCUT2D eigenvalue weighted by atomic mass is 19.1. The van der Waals surface area contributed by atoms with E-state index in [-0.39, 0.29) is 18.2 Å². The first-order valence-electron chi connectivity index (χ1n) is 12.9. The molecule has 1 aliphatic rings. The smallest absolute Gasteiger partial charge is 0.315 e. The molecule has 4 aromatic heterocycles. The summed E-state index contributed by atoms with van der Waals surface area (Å²) in [6.07, 6.45) is 2.97. The number of pyridine rings is 1. The molecule has 0 spiro atoms. The minimum Gasteiger partial charge on any atom is -0.408 e. The van der Waals surface area contributed by atoms with Gasteiger partial charge in [-0.2, -0.15) is 10.4 Å². The molecule has 1 saturated carbocycles. The number of aliphatic hydroxyl groups is 1. The summed E-state index contributed by atoms with van der Waals surface area (Å²) >= 11 is 0. The van der Waals surface area contributed by atoms with E-state index >= 15 is 0 Å². The zero-order valence-corrected chi connectivity index (χ0v) is 22.3. The molecule has 0 saturated heterocycles. The summed E-state index contributed by atoms with van der Waals surface area (Å²) in [7, 11) is 0. The average molecular weight is 548 g/mol. The van der Waals surface area contributed by atoms with Crippen LogP contribution in [0, 0.1) is 24.2 Å². The molecule has 0 bridgehead atoms. The van der Waals surface area contributed by atoms with Crippen molar-refractivity contribution in [1.82, 2.24) is 30.1 Å². The summed E-state index contributed by atoms with van der Waals surface area (Å²) in [5.41, 5.74) is 1.66. The van der Waals surface area contributed by atoms with E-state index in [0.29, 0.717) is 47.0 Å². The van der Waals surface area contributed by atoms with Crippen LogP contribution in [0.25, 0.3) is 16.9 Å². The van der Waals surface area contributed by atoms with Crippen molar-refractivity contribution in [2.45, 2.75) is 51.4 Å². The van der Waals surface area contributed by atoms with Crippen LogP contribution in [0.2, 0.25) is 0 Å². The highest BCUT2D eigenvalue weighted by Gasteiger charge is 2.31. The first kappa shape index (κ1) is 27.0. The molecule has 0 aliphatic heterocycles. The summed E-state index contributed by atoms with van der Waals surface area (Å²) in [6, 6.07) is 9.75. The molecule has 4 N–H and O–H groups in total. The number of alkyl halides is 1. The molecule has 12 nitrogen and oxygen atoms in total. The molecule has 0 radical (unpaired) electrons.